The SMILES string of the molecule is CCCN(C1CCNC1)C1CCCc2ccc(OC)cc21. The minimum Gasteiger partial charge on any atom is -0.497 e. The average Bonchev–Trinajstić information content (AvgIpc) is 3.06. The van der Waals surface area contributed by atoms with Crippen molar-refractivity contribution >= 4 is 0 Å². The molecular weight excluding hydrogens is 260 g/mol. The second-order valence-electron chi connectivity index (χ2n) is 6.36. The predicted octanol–water partition coefficient (Wildman–Crippen LogP) is 3.15. The molecule has 1 heterocycles. The maximum atomic E-state index is 5.46. The van der Waals surface area contributed by atoms with Crippen LogP contribution in [0.5, 0.6) is 5.75 Å². The Morgan fingerprint density at radius 3 is 2.95 bits per heavy atom. The predicted molar refractivity (Wildman–Crippen MR) is 86.9 cm³/mol. The van der Waals surface area contributed by atoms with Gasteiger partial charge in [0.15, 0.2) is 0 Å². The monoisotopic (exact) mass is 288 g/mol. The molecule has 1 aromatic carbocycles. The number of rotatable bonds is 5. The van der Waals surface area contributed by atoms with Gasteiger partial charge in [-0.15, -0.1) is 0 Å². The summed E-state index contributed by atoms with van der Waals surface area (Å²) >= 11 is 0. The quantitative estimate of drug-likeness (QED) is 0.901. The van der Waals surface area contributed by atoms with Gasteiger partial charge < -0.3 is 10.1 Å². The van der Waals surface area contributed by atoms with Crippen LogP contribution in [0, 0.1) is 0 Å². The first-order valence-corrected chi connectivity index (χ1v) is 8.46. The van der Waals surface area contributed by atoms with Crippen LogP contribution in [0.3, 0.4) is 0 Å². The molecule has 2 unspecified atom stereocenters. The first kappa shape index (κ1) is 14.9. The Labute approximate surface area is 128 Å². The molecular formula is C18H28N2O. The second kappa shape index (κ2) is 6.80. The van der Waals surface area contributed by atoms with Crippen LogP contribution < -0.4 is 10.1 Å². The molecule has 0 radical (unpaired) electrons. The van der Waals surface area contributed by atoms with Gasteiger partial charge in [-0.2, -0.15) is 0 Å². The fourth-order valence-electron chi connectivity index (χ4n) is 4.00. The maximum absolute atomic E-state index is 5.46. The third-order valence-corrected chi connectivity index (χ3v) is 5.02. The van der Waals surface area contributed by atoms with Gasteiger partial charge in [-0.3, -0.25) is 4.90 Å². The van der Waals surface area contributed by atoms with Crippen molar-refractivity contribution in [2.75, 3.05) is 26.7 Å². The van der Waals surface area contributed by atoms with Crippen molar-refractivity contribution in [2.24, 2.45) is 0 Å². The molecule has 3 heteroatoms. The lowest BCUT2D eigenvalue weighted by Gasteiger charge is -2.39. The fraction of sp³-hybridized carbons (Fsp3) is 0.667. The Bertz CT molecular complexity index is 468. The lowest BCUT2D eigenvalue weighted by molar-refractivity contribution is 0.128. The van der Waals surface area contributed by atoms with Crippen LogP contribution >= 0.6 is 0 Å². The standard InChI is InChI=1S/C18H28N2O/c1-3-11-20(15-9-10-19-13-15)18-6-4-5-14-7-8-16(21-2)12-17(14)18/h7-8,12,15,18-19H,3-6,9-11,13H2,1-2H3. The summed E-state index contributed by atoms with van der Waals surface area (Å²) in [6.45, 7) is 5.82. The van der Waals surface area contributed by atoms with E-state index in [2.05, 4.69) is 35.3 Å². The van der Waals surface area contributed by atoms with Crippen molar-refractivity contribution in [1.82, 2.24) is 10.2 Å². The number of ether oxygens (including phenoxy) is 1. The highest BCUT2D eigenvalue weighted by Crippen LogP contribution is 2.38. The molecule has 2 atom stereocenters. The summed E-state index contributed by atoms with van der Waals surface area (Å²) in [5.41, 5.74) is 3.04. The lowest BCUT2D eigenvalue weighted by atomic mass is 9.85. The molecule has 116 valence electrons. The van der Waals surface area contributed by atoms with E-state index in [9.17, 15) is 0 Å². The second-order valence-corrected chi connectivity index (χ2v) is 6.36. The van der Waals surface area contributed by atoms with Crippen LogP contribution in [0.1, 0.15) is 49.8 Å². The molecule has 1 fully saturated rings. The summed E-state index contributed by atoms with van der Waals surface area (Å²) in [5, 5.41) is 3.53. The van der Waals surface area contributed by atoms with Gasteiger partial charge in [0.1, 0.15) is 5.75 Å². The minimum atomic E-state index is 0.577. The lowest BCUT2D eigenvalue weighted by Crippen LogP contribution is -2.41. The highest BCUT2D eigenvalue weighted by Gasteiger charge is 2.31. The van der Waals surface area contributed by atoms with E-state index in [1.165, 1.54) is 56.3 Å². The van der Waals surface area contributed by atoms with Crippen LogP contribution in [0.4, 0.5) is 0 Å². The van der Waals surface area contributed by atoms with Crippen LogP contribution in [0.25, 0.3) is 0 Å². The number of nitrogens with zero attached hydrogens (tertiary/aromatic N) is 1. The number of aryl methyl sites for hydroxylation is 1. The smallest absolute Gasteiger partial charge is 0.119 e. The third kappa shape index (κ3) is 3.09. The Kier molecular flexibility index (Phi) is 4.81. The number of hydrogen-bond acceptors (Lipinski definition) is 3. The molecule has 0 aromatic heterocycles. The van der Waals surface area contributed by atoms with Crippen LogP contribution in [-0.2, 0) is 6.42 Å². The van der Waals surface area contributed by atoms with Crippen molar-refractivity contribution in [1.29, 1.82) is 0 Å². The molecule has 1 aromatic rings. The number of hydrogen-bond donors (Lipinski definition) is 1. The van der Waals surface area contributed by atoms with Gasteiger partial charge in [0.25, 0.3) is 0 Å². The first-order valence-electron chi connectivity index (χ1n) is 8.46. The molecule has 1 aliphatic heterocycles. The van der Waals surface area contributed by atoms with Gasteiger partial charge in [0, 0.05) is 18.6 Å². The van der Waals surface area contributed by atoms with E-state index in [1.807, 2.05) is 0 Å². The van der Waals surface area contributed by atoms with E-state index in [4.69, 9.17) is 4.74 Å². The Balaban J connectivity index is 1.90. The largest absolute Gasteiger partial charge is 0.497 e. The Hall–Kier alpha value is -1.06. The molecule has 0 bridgehead atoms. The van der Waals surface area contributed by atoms with Gasteiger partial charge >= 0.3 is 0 Å². The number of fused-ring (bicyclic) bond motifs is 1. The third-order valence-electron chi connectivity index (χ3n) is 5.02. The zero-order valence-corrected chi connectivity index (χ0v) is 13.4. The minimum absolute atomic E-state index is 0.577. The molecule has 1 N–H and O–H groups in total. The van der Waals surface area contributed by atoms with Gasteiger partial charge in [-0.1, -0.05) is 13.0 Å². The van der Waals surface area contributed by atoms with Crippen molar-refractivity contribution in [3.8, 4) is 5.75 Å². The van der Waals surface area contributed by atoms with Gasteiger partial charge in [0.05, 0.1) is 7.11 Å². The van der Waals surface area contributed by atoms with E-state index >= 15 is 0 Å². The van der Waals surface area contributed by atoms with Gasteiger partial charge in [0.2, 0.25) is 0 Å². The molecule has 1 saturated heterocycles. The molecule has 21 heavy (non-hydrogen) atoms. The highest BCUT2D eigenvalue weighted by atomic mass is 16.5. The first-order chi connectivity index (χ1) is 10.3. The van der Waals surface area contributed by atoms with Crippen LogP contribution in [0.15, 0.2) is 18.2 Å². The topological polar surface area (TPSA) is 24.5 Å². The van der Waals surface area contributed by atoms with E-state index in [0.29, 0.717) is 12.1 Å². The van der Waals surface area contributed by atoms with E-state index in [0.717, 1.165) is 12.3 Å². The van der Waals surface area contributed by atoms with Crippen molar-refractivity contribution in [3.63, 3.8) is 0 Å². The summed E-state index contributed by atoms with van der Waals surface area (Å²) in [7, 11) is 1.77. The fourth-order valence-corrected chi connectivity index (χ4v) is 4.00. The molecule has 0 spiro atoms. The summed E-state index contributed by atoms with van der Waals surface area (Å²) in [6.07, 6.45) is 6.34. The zero-order valence-electron chi connectivity index (χ0n) is 13.4. The summed E-state index contributed by atoms with van der Waals surface area (Å²) < 4.78 is 5.46. The average molecular weight is 288 g/mol. The Morgan fingerprint density at radius 2 is 2.24 bits per heavy atom. The van der Waals surface area contributed by atoms with Crippen molar-refractivity contribution < 1.29 is 4.74 Å². The summed E-state index contributed by atoms with van der Waals surface area (Å²) in [5.74, 6) is 1.00. The zero-order chi connectivity index (χ0) is 14.7. The van der Waals surface area contributed by atoms with Crippen LogP contribution in [-0.4, -0.2) is 37.7 Å². The van der Waals surface area contributed by atoms with Crippen LogP contribution in [0.2, 0.25) is 0 Å². The number of benzene rings is 1. The van der Waals surface area contributed by atoms with E-state index < -0.39 is 0 Å². The molecule has 2 aliphatic rings. The highest BCUT2D eigenvalue weighted by molar-refractivity contribution is 5.39. The molecule has 0 amide bonds. The van der Waals surface area contributed by atoms with Gasteiger partial charge in [-0.05, 0) is 68.5 Å². The maximum Gasteiger partial charge on any atom is 0.119 e. The normalized spacial score (nSPS) is 25.1. The van der Waals surface area contributed by atoms with E-state index in [-0.39, 0.29) is 0 Å². The van der Waals surface area contributed by atoms with Gasteiger partial charge in [-0.25, -0.2) is 0 Å². The number of methoxy groups -OCH3 is 1. The number of nitrogens with one attached hydrogen (secondary N) is 1. The Morgan fingerprint density at radius 1 is 1.33 bits per heavy atom. The molecule has 0 saturated carbocycles. The van der Waals surface area contributed by atoms with Crippen molar-refractivity contribution in [2.45, 2.75) is 51.1 Å². The molecule has 1 aliphatic carbocycles. The summed E-state index contributed by atoms with van der Waals surface area (Å²) in [4.78, 5) is 2.76. The van der Waals surface area contributed by atoms with Crippen molar-refractivity contribution in [3.05, 3.63) is 29.3 Å². The molecule has 3 rings (SSSR count). The van der Waals surface area contributed by atoms with E-state index in [1.54, 1.807) is 7.11 Å². The summed E-state index contributed by atoms with van der Waals surface area (Å²) in [6, 6.07) is 7.95. The molecule has 3 nitrogen and oxygen atoms in total.